The quantitative estimate of drug-likeness (QED) is 0.529. The van der Waals surface area contributed by atoms with Crippen molar-refractivity contribution in [3.05, 3.63) is 24.8 Å². The Labute approximate surface area is 80.2 Å². The van der Waals surface area contributed by atoms with Crippen molar-refractivity contribution in [2.45, 2.75) is 5.03 Å². The van der Waals surface area contributed by atoms with Crippen LogP contribution in [-0.4, -0.2) is 20.1 Å². The lowest BCUT2D eigenvalue weighted by molar-refractivity contribution is 1.03. The van der Waals surface area contributed by atoms with Crippen LogP contribution >= 0.6 is 11.8 Å². The van der Waals surface area contributed by atoms with Gasteiger partial charge in [0.05, 0.1) is 5.75 Å². The maximum atomic E-state index is 5.17. The van der Waals surface area contributed by atoms with Crippen LogP contribution in [0.1, 0.15) is 0 Å². The Morgan fingerprint density at radius 3 is 2.92 bits per heavy atom. The van der Waals surface area contributed by atoms with E-state index in [1.165, 1.54) is 11.8 Å². The van der Waals surface area contributed by atoms with Gasteiger partial charge in [0.2, 0.25) is 0 Å². The van der Waals surface area contributed by atoms with Crippen molar-refractivity contribution in [2.75, 3.05) is 5.75 Å². The van der Waals surface area contributed by atoms with Gasteiger partial charge in [0, 0.05) is 24.8 Å². The molecule has 0 aromatic carbocycles. The molecule has 64 valence electrons. The second-order valence-electron chi connectivity index (χ2n) is 2.38. The summed E-state index contributed by atoms with van der Waals surface area (Å²) >= 11 is 1.52. The molecule has 3 nitrogen and oxygen atoms in total. The largest absolute Gasteiger partial charge is 0.303 e. The molecule has 0 saturated heterocycles. The van der Waals surface area contributed by atoms with Gasteiger partial charge < -0.3 is 4.40 Å². The van der Waals surface area contributed by atoms with Crippen LogP contribution in [0.4, 0.5) is 0 Å². The van der Waals surface area contributed by atoms with Crippen molar-refractivity contribution >= 4 is 17.4 Å². The molecule has 0 amide bonds. The number of fused-ring (bicyclic) bond motifs is 1. The minimum Gasteiger partial charge on any atom is -0.303 e. The summed E-state index contributed by atoms with van der Waals surface area (Å²) in [6.07, 6.45) is 12.4. The van der Waals surface area contributed by atoms with Crippen LogP contribution in [0.5, 0.6) is 0 Å². The third-order valence-corrected chi connectivity index (χ3v) is 2.44. The molecule has 0 spiro atoms. The second-order valence-corrected chi connectivity index (χ2v) is 3.35. The molecule has 2 aromatic rings. The monoisotopic (exact) mass is 189 g/mol. The summed E-state index contributed by atoms with van der Waals surface area (Å²) in [6.45, 7) is 0. The predicted molar refractivity (Wildman–Crippen MR) is 52.5 cm³/mol. The zero-order valence-corrected chi connectivity index (χ0v) is 7.66. The Morgan fingerprint density at radius 2 is 2.15 bits per heavy atom. The van der Waals surface area contributed by atoms with Crippen LogP contribution < -0.4 is 0 Å². The highest BCUT2D eigenvalue weighted by Gasteiger charge is 2.02. The zero-order valence-electron chi connectivity index (χ0n) is 6.84. The Hall–Kier alpha value is -1.47. The fourth-order valence-electron chi connectivity index (χ4n) is 1.04. The van der Waals surface area contributed by atoms with Crippen molar-refractivity contribution in [2.24, 2.45) is 0 Å². The van der Waals surface area contributed by atoms with Gasteiger partial charge in [0.15, 0.2) is 5.65 Å². The lowest BCUT2D eigenvalue weighted by Crippen LogP contribution is -1.89. The first-order valence-corrected chi connectivity index (χ1v) is 4.74. The van der Waals surface area contributed by atoms with Crippen LogP contribution in [0.25, 0.3) is 5.65 Å². The number of imidazole rings is 1. The minimum absolute atomic E-state index is 0.625. The molecule has 0 aliphatic carbocycles. The molecule has 0 saturated carbocycles. The summed E-state index contributed by atoms with van der Waals surface area (Å²) in [5.41, 5.74) is 0.864. The van der Waals surface area contributed by atoms with E-state index in [9.17, 15) is 0 Å². The number of hydrogen-bond donors (Lipinski definition) is 0. The van der Waals surface area contributed by atoms with Crippen LogP contribution in [-0.2, 0) is 0 Å². The summed E-state index contributed by atoms with van der Waals surface area (Å²) in [4.78, 5) is 8.38. The smallest absolute Gasteiger partial charge is 0.169 e. The van der Waals surface area contributed by atoms with Gasteiger partial charge in [-0.1, -0.05) is 17.7 Å². The van der Waals surface area contributed by atoms with E-state index < -0.39 is 0 Å². The molecule has 0 aliphatic heterocycles. The van der Waals surface area contributed by atoms with Gasteiger partial charge in [-0.05, 0) is 0 Å². The zero-order chi connectivity index (χ0) is 9.10. The molecule has 4 heteroatoms. The normalized spacial score (nSPS) is 10.1. The third-order valence-electron chi connectivity index (χ3n) is 1.57. The Kier molecular flexibility index (Phi) is 2.19. The Balaban J connectivity index is 2.44. The Morgan fingerprint density at radius 1 is 1.38 bits per heavy atom. The van der Waals surface area contributed by atoms with Gasteiger partial charge in [0.25, 0.3) is 0 Å². The fourth-order valence-corrected chi connectivity index (χ4v) is 1.68. The predicted octanol–water partition coefficient (Wildman–Crippen LogP) is 1.45. The van der Waals surface area contributed by atoms with Crippen LogP contribution in [0.3, 0.4) is 0 Å². The Bertz CT molecular complexity index is 455. The highest BCUT2D eigenvalue weighted by Crippen LogP contribution is 2.18. The molecular weight excluding hydrogens is 182 g/mol. The molecule has 0 unspecified atom stereocenters. The van der Waals surface area contributed by atoms with Gasteiger partial charge >= 0.3 is 0 Å². The van der Waals surface area contributed by atoms with E-state index in [4.69, 9.17) is 6.42 Å². The van der Waals surface area contributed by atoms with Crippen LogP contribution in [0.15, 0.2) is 29.8 Å². The number of thioether (sulfide) groups is 1. The van der Waals surface area contributed by atoms with E-state index in [-0.39, 0.29) is 0 Å². The van der Waals surface area contributed by atoms with Gasteiger partial charge in [-0.15, -0.1) is 6.42 Å². The number of hydrogen-bond acceptors (Lipinski definition) is 3. The van der Waals surface area contributed by atoms with Crippen molar-refractivity contribution in [3.63, 3.8) is 0 Å². The average molecular weight is 189 g/mol. The number of aromatic nitrogens is 3. The summed E-state index contributed by atoms with van der Waals surface area (Å²) in [6, 6.07) is 0. The van der Waals surface area contributed by atoms with E-state index >= 15 is 0 Å². The first-order chi connectivity index (χ1) is 6.42. The van der Waals surface area contributed by atoms with Gasteiger partial charge in [0.1, 0.15) is 5.03 Å². The molecule has 0 fully saturated rings. The second kappa shape index (κ2) is 3.50. The molecule has 0 N–H and O–H groups in total. The fraction of sp³-hybridized carbons (Fsp3) is 0.111. The maximum absolute atomic E-state index is 5.17. The standard InChI is InChI=1S/C9H7N3S/c1-2-7-13-9-8-10-3-5-12(8)6-4-11-9/h1,3-6H,7H2. The maximum Gasteiger partial charge on any atom is 0.169 e. The highest BCUT2D eigenvalue weighted by atomic mass is 32.2. The topological polar surface area (TPSA) is 30.2 Å². The molecule has 0 aliphatic rings. The van der Waals surface area contributed by atoms with Gasteiger partial charge in [-0.3, -0.25) is 0 Å². The third kappa shape index (κ3) is 1.51. The number of terminal acetylenes is 1. The molecule has 2 heterocycles. The molecular formula is C9H7N3S. The van der Waals surface area contributed by atoms with Gasteiger partial charge in [-0.25, -0.2) is 9.97 Å². The lowest BCUT2D eigenvalue weighted by atomic mass is 10.7. The summed E-state index contributed by atoms with van der Waals surface area (Å²) in [5.74, 6) is 3.18. The number of nitrogens with zero attached hydrogens (tertiary/aromatic N) is 3. The van der Waals surface area contributed by atoms with E-state index in [0.717, 1.165) is 10.7 Å². The van der Waals surface area contributed by atoms with Crippen LogP contribution in [0.2, 0.25) is 0 Å². The molecule has 2 aromatic heterocycles. The van der Waals surface area contributed by atoms with Crippen LogP contribution in [0, 0.1) is 12.3 Å². The first kappa shape index (κ1) is 8.14. The van der Waals surface area contributed by atoms with Crippen molar-refractivity contribution in [3.8, 4) is 12.3 Å². The average Bonchev–Trinajstić information content (AvgIpc) is 2.62. The SMILES string of the molecule is C#CCSc1nccn2ccnc12. The first-order valence-electron chi connectivity index (χ1n) is 3.76. The van der Waals surface area contributed by atoms with E-state index in [0.29, 0.717) is 5.75 Å². The summed E-state index contributed by atoms with van der Waals surface area (Å²) in [7, 11) is 0. The summed E-state index contributed by atoms with van der Waals surface area (Å²) < 4.78 is 1.92. The van der Waals surface area contributed by atoms with Crippen molar-refractivity contribution < 1.29 is 0 Å². The van der Waals surface area contributed by atoms with Crippen molar-refractivity contribution in [1.29, 1.82) is 0 Å². The van der Waals surface area contributed by atoms with Gasteiger partial charge in [-0.2, -0.15) is 0 Å². The molecule has 0 bridgehead atoms. The minimum atomic E-state index is 0.625. The van der Waals surface area contributed by atoms with E-state index in [1.54, 1.807) is 12.4 Å². The lowest BCUT2D eigenvalue weighted by Gasteiger charge is -1.98. The molecule has 13 heavy (non-hydrogen) atoms. The molecule has 2 rings (SSSR count). The molecule has 0 atom stereocenters. The van der Waals surface area contributed by atoms with Crippen molar-refractivity contribution in [1.82, 2.24) is 14.4 Å². The van der Waals surface area contributed by atoms with E-state index in [2.05, 4.69) is 15.9 Å². The van der Waals surface area contributed by atoms with E-state index in [1.807, 2.05) is 16.8 Å². The summed E-state index contributed by atoms with van der Waals surface area (Å²) in [5, 5.41) is 0.880. The molecule has 0 radical (unpaired) electrons. The number of rotatable bonds is 2. The highest BCUT2D eigenvalue weighted by molar-refractivity contribution is 7.99.